The van der Waals surface area contributed by atoms with Crippen molar-refractivity contribution >= 4 is 50.9 Å². The molecular weight excluding hydrogens is 501 g/mol. The summed E-state index contributed by atoms with van der Waals surface area (Å²) in [6.07, 6.45) is 0.978. The van der Waals surface area contributed by atoms with Crippen LogP contribution in [0.15, 0.2) is 47.4 Å². The molecule has 0 bridgehead atoms. The number of halogens is 2. The second kappa shape index (κ2) is 10.8. The molecule has 34 heavy (non-hydrogen) atoms. The number of sulfonamides is 1. The van der Waals surface area contributed by atoms with E-state index in [1.165, 1.54) is 29.2 Å². The van der Waals surface area contributed by atoms with E-state index >= 15 is 0 Å². The number of carbonyl (C=O) groups is 3. The lowest BCUT2D eigenvalue weighted by molar-refractivity contribution is -0.141. The highest BCUT2D eigenvalue weighted by Crippen LogP contribution is 2.30. The molecular formula is C23H25Cl2N3O5S. The van der Waals surface area contributed by atoms with Crippen LogP contribution in [0.2, 0.25) is 10.0 Å². The Kier molecular flexibility index (Phi) is 8.22. The summed E-state index contributed by atoms with van der Waals surface area (Å²) in [5.74, 6) is -1.85. The number of benzene rings is 2. The van der Waals surface area contributed by atoms with E-state index in [2.05, 4.69) is 5.32 Å². The Morgan fingerprint density at radius 3 is 2.44 bits per heavy atom. The Hall–Kier alpha value is -2.62. The molecule has 1 atom stereocenters. The molecule has 0 fully saturated rings. The fourth-order valence-corrected chi connectivity index (χ4v) is 5.71. The molecule has 0 aromatic heterocycles. The lowest BCUT2D eigenvalue weighted by Crippen LogP contribution is -2.52. The summed E-state index contributed by atoms with van der Waals surface area (Å²) in [7, 11) is -4.19. The normalized spacial score (nSPS) is 15.1. The first-order valence-electron chi connectivity index (χ1n) is 10.8. The average Bonchev–Trinajstić information content (AvgIpc) is 2.99. The predicted octanol–water partition coefficient (Wildman–Crippen LogP) is 3.47. The highest BCUT2D eigenvalue weighted by Gasteiger charge is 2.43. The molecule has 0 saturated carbocycles. The monoisotopic (exact) mass is 525 g/mol. The van der Waals surface area contributed by atoms with Crippen LogP contribution in [-0.4, -0.2) is 54.5 Å². The third kappa shape index (κ3) is 5.21. The number of amides is 3. The van der Waals surface area contributed by atoms with Gasteiger partial charge < -0.3 is 10.2 Å². The molecule has 3 rings (SSSR count). The third-order valence-corrected chi connectivity index (χ3v) is 7.86. The molecule has 182 valence electrons. The van der Waals surface area contributed by atoms with E-state index in [0.29, 0.717) is 32.9 Å². The zero-order valence-electron chi connectivity index (χ0n) is 18.8. The summed E-state index contributed by atoms with van der Waals surface area (Å²) >= 11 is 12.3. The van der Waals surface area contributed by atoms with Crippen molar-refractivity contribution < 1.29 is 22.8 Å². The minimum absolute atomic E-state index is 0.00956. The molecule has 1 heterocycles. The Bertz CT molecular complexity index is 1220. The molecule has 1 aliphatic heterocycles. The minimum Gasteiger partial charge on any atom is -0.354 e. The molecule has 11 heteroatoms. The zero-order chi connectivity index (χ0) is 25.0. The van der Waals surface area contributed by atoms with E-state index in [4.69, 9.17) is 23.2 Å². The van der Waals surface area contributed by atoms with Gasteiger partial charge in [-0.05, 0) is 42.7 Å². The SMILES string of the molecule is CCCNC(=O)C(CC)N(Cc1ccc(Cl)cc1Cl)C(=O)CN1C(=O)c2ccccc2S1(=O)=O. The van der Waals surface area contributed by atoms with Gasteiger partial charge in [0, 0.05) is 23.1 Å². The average molecular weight is 526 g/mol. The molecule has 3 amide bonds. The van der Waals surface area contributed by atoms with Gasteiger partial charge in [-0.3, -0.25) is 14.4 Å². The van der Waals surface area contributed by atoms with Crippen LogP contribution >= 0.6 is 23.2 Å². The predicted molar refractivity (Wildman–Crippen MR) is 129 cm³/mol. The second-order valence-electron chi connectivity index (χ2n) is 7.79. The van der Waals surface area contributed by atoms with Crippen molar-refractivity contribution in [2.45, 2.75) is 44.2 Å². The molecule has 1 aliphatic rings. The summed E-state index contributed by atoms with van der Waals surface area (Å²) in [4.78, 5) is 40.2. The molecule has 2 aromatic carbocycles. The molecule has 1 unspecified atom stereocenters. The van der Waals surface area contributed by atoms with Crippen molar-refractivity contribution in [3.8, 4) is 0 Å². The van der Waals surface area contributed by atoms with E-state index in [0.717, 1.165) is 0 Å². The summed E-state index contributed by atoms with van der Waals surface area (Å²) in [6, 6.07) is 9.65. The van der Waals surface area contributed by atoms with Crippen LogP contribution in [0.4, 0.5) is 0 Å². The highest BCUT2D eigenvalue weighted by molar-refractivity contribution is 7.90. The van der Waals surface area contributed by atoms with Gasteiger partial charge in [-0.2, -0.15) is 0 Å². The van der Waals surface area contributed by atoms with Gasteiger partial charge in [0.2, 0.25) is 11.8 Å². The van der Waals surface area contributed by atoms with Crippen LogP contribution in [0, 0.1) is 0 Å². The van der Waals surface area contributed by atoms with Crippen molar-refractivity contribution in [3.63, 3.8) is 0 Å². The number of nitrogens with zero attached hydrogens (tertiary/aromatic N) is 2. The first-order valence-corrected chi connectivity index (χ1v) is 13.0. The fraction of sp³-hybridized carbons (Fsp3) is 0.348. The summed E-state index contributed by atoms with van der Waals surface area (Å²) < 4.78 is 26.4. The van der Waals surface area contributed by atoms with Crippen LogP contribution in [0.1, 0.15) is 42.6 Å². The number of fused-ring (bicyclic) bond motifs is 1. The van der Waals surface area contributed by atoms with Crippen molar-refractivity contribution in [3.05, 3.63) is 63.6 Å². The van der Waals surface area contributed by atoms with Gasteiger partial charge in [-0.15, -0.1) is 0 Å². The first kappa shape index (κ1) is 26.0. The van der Waals surface area contributed by atoms with E-state index in [1.807, 2.05) is 6.92 Å². The summed E-state index contributed by atoms with van der Waals surface area (Å²) in [5.41, 5.74) is 0.537. The van der Waals surface area contributed by atoms with Gasteiger partial charge in [-0.1, -0.05) is 55.2 Å². The molecule has 0 aliphatic carbocycles. The minimum atomic E-state index is -4.19. The summed E-state index contributed by atoms with van der Waals surface area (Å²) in [5, 5.41) is 3.48. The van der Waals surface area contributed by atoms with Crippen LogP contribution in [0.25, 0.3) is 0 Å². The second-order valence-corrected chi connectivity index (χ2v) is 10.5. The summed E-state index contributed by atoms with van der Waals surface area (Å²) in [6.45, 7) is 3.26. The largest absolute Gasteiger partial charge is 0.354 e. The maximum atomic E-state index is 13.5. The Labute approximate surface area is 208 Å². The smallest absolute Gasteiger partial charge is 0.269 e. The number of rotatable bonds is 9. The molecule has 8 nitrogen and oxygen atoms in total. The topological polar surface area (TPSA) is 104 Å². The Morgan fingerprint density at radius 2 is 1.82 bits per heavy atom. The maximum Gasteiger partial charge on any atom is 0.269 e. The van der Waals surface area contributed by atoms with Crippen LogP contribution in [-0.2, 0) is 26.2 Å². The first-order chi connectivity index (χ1) is 16.1. The van der Waals surface area contributed by atoms with Crippen LogP contribution in [0.3, 0.4) is 0 Å². The number of carbonyl (C=O) groups excluding carboxylic acids is 3. The Morgan fingerprint density at radius 1 is 1.12 bits per heavy atom. The van der Waals surface area contributed by atoms with Gasteiger partial charge in [-0.25, -0.2) is 12.7 Å². The van der Waals surface area contributed by atoms with E-state index in [-0.39, 0.29) is 29.3 Å². The van der Waals surface area contributed by atoms with Gasteiger partial charge in [0.05, 0.1) is 5.56 Å². The number of nitrogens with one attached hydrogen (secondary N) is 1. The lowest BCUT2D eigenvalue weighted by atomic mass is 10.1. The highest BCUT2D eigenvalue weighted by atomic mass is 35.5. The molecule has 0 spiro atoms. The lowest BCUT2D eigenvalue weighted by Gasteiger charge is -2.32. The molecule has 0 radical (unpaired) electrons. The van der Waals surface area contributed by atoms with E-state index < -0.39 is 34.4 Å². The van der Waals surface area contributed by atoms with Crippen LogP contribution < -0.4 is 5.32 Å². The van der Waals surface area contributed by atoms with Gasteiger partial charge >= 0.3 is 0 Å². The van der Waals surface area contributed by atoms with Crippen LogP contribution in [0.5, 0.6) is 0 Å². The van der Waals surface area contributed by atoms with Gasteiger partial charge in [0.25, 0.3) is 15.9 Å². The number of hydrogen-bond acceptors (Lipinski definition) is 5. The number of hydrogen-bond donors (Lipinski definition) is 1. The Balaban J connectivity index is 1.94. The third-order valence-electron chi connectivity index (χ3n) is 5.48. The maximum absolute atomic E-state index is 13.5. The van der Waals surface area contributed by atoms with Gasteiger partial charge in [0.1, 0.15) is 17.5 Å². The van der Waals surface area contributed by atoms with E-state index in [1.54, 1.807) is 25.1 Å². The zero-order valence-corrected chi connectivity index (χ0v) is 21.1. The van der Waals surface area contributed by atoms with Gasteiger partial charge in [0.15, 0.2) is 0 Å². The van der Waals surface area contributed by atoms with Crippen molar-refractivity contribution in [2.24, 2.45) is 0 Å². The molecule has 0 saturated heterocycles. The van der Waals surface area contributed by atoms with Crippen molar-refractivity contribution in [2.75, 3.05) is 13.1 Å². The quantitative estimate of drug-likeness (QED) is 0.539. The molecule has 1 N–H and O–H groups in total. The fourth-order valence-electron chi connectivity index (χ4n) is 3.72. The standard InChI is InChI=1S/C23H25Cl2N3O5S/c1-3-11-26-22(30)19(4-2)27(13-15-9-10-16(24)12-18(15)25)21(29)14-28-23(31)17-7-5-6-8-20(17)34(28,32)33/h5-10,12,19H,3-4,11,13-14H2,1-2H3,(H,26,30). The molecule has 2 aromatic rings. The van der Waals surface area contributed by atoms with E-state index in [9.17, 15) is 22.8 Å². The van der Waals surface area contributed by atoms with Crippen molar-refractivity contribution in [1.82, 2.24) is 14.5 Å². The van der Waals surface area contributed by atoms with Crippen molar-refractivity contribution in [1.29, 1.82) is 0 Å².